The molecular weight excluding hydrogens is 378 g/mol. The Balaban J connectivity index is 1.77. The van der Waals surface area contributed by atoms with Gasteiger partial charge in [-0.2, -0.15) is 0 Å². The number of amides is 1. The SMILES string of the molecule is COc1ccc(C(=O)NCC2(N(C)C)CCCCC2)cc1S(=O)(=O)NC1CC1. The molecule has 3 rings (SSSR count). The normalized spacial score (nSPS) is 19.4. The van der Waals surface area contributed by atoms with E-state index in [4.69, 9.17) is 4.74 Å². The van der Waals surface area contributed by atoms with Crippen LogP contribution < -0.4 is 14.8 Å². The summed E-state index contributed by atoms with van der Waals surface area (Å²) in [5.74, 6) is -0.0286. The lowest BCUT2D eigenvalue weighted by Gasteiger charge is -2.43. The maximum atomic E-state index is 12.8. The fourth-order valence-corrected chi connectivity index (χ4v) is 5.35. The molecule has 0 saturated heterocycles. The first-order valence-corrected chi connectivity index (χ1v) is 11.4. The molecule has 0 atom stereocenters. The van der Waals surface area contributed by atoms with Crippen molar-refractivity contribution in [3.8, 4) is 5.75 Å². The average Bonchev–Trinajstić information content (AvgIpc) is 3.49. The highest BCUT2D eigenvalue weighted by Crippen LogP contribution is 2.32. The van der Waals surface area contributed by atoms with Crippen LogP contribution in [0, 0.1) is 0 Å². The predicted molar refractivity (Wildman–Crippen MR) is 108 cm³/mol. The van der Waals surface area contributed by atoms with Gasteiger partial charge in [0.2, 0.25) is 10.0 Å². The highest BCUT2D eigenvalue weighted by Gasteiger charge is 2.35. The van der Waals surface area contributed by atoms with Crippen molar-refractivity contribution in [1.29, 1.82) is 0 Å². The van der Waals surface area contributed by atoms with Crippen LogP contribution in [-0.4, -0.2) is 58.6 Å². The summed E-state index contributed by atoms with van der Waals surface area (Å²) in [6, 6.07) is 4.53. The minimum Gasteiger partial charge on any atom is -0.495 e. The molecule has 1 amide bonds. The molecule has 0 aromatic heterocycles. The molecule has 2 fully saturated rings. The van der Waals surface area contributed by atoms with Crippen molar-refractivity contribution in [3.05, 3.63) is 23.8 Å². The quantitative estimate of drug-likeness (QED) is 0.687. The second kappa shape index (κ2) is 8.39. The number of benzene rings is 1. The number of hydrogen-bond acceptors (Lipinski definition) is 5. The van der Waals surface area contributed by atoms with Gasteiger partial charge in [0, 0.05) is 23.7 Å². The molecule has 1 aromatic carbocycles. The minimum atomic E-state index is -3.72. The van der Waals surface area contributed by atoms with Gasteiger partial charge < -0.3 is 15.0 Å². The Bertz CT molecular complexity index is 813. The number of nitrogens with one attached hydrogen (secondary N) is 2. The zero-order chi connectivity index (χ0) is 20.4. The van der Waals surface area contributed by atoms with E-state index in [1.807, 2.05) is 0 Å². The van der Waals surface area contributed by atoms with Gasteiger partial charge in [-0.3, -0.25) is 4.79 Å². The van der Waals surface area contributed by atoms with Crippen LogP contribution in [0.25, 0.3) is 0 Å². The van der Waals surface area contributed by atoms with Crippen LogP contribution in [0.2, 0.25) is 0 Å². The monoisotopic (exact) mass is 409 g/mol. The van der Waals surface area contributed by atoms with Crippen LogP contribution in [-0.2, 0) is 10.0 Å². The smallest absolute Gasteiger partial charge is 0.251 e. The molecule has 0 unspecified atom stereocenters. The molecule has 2 N–H and O–H groups in total. The summed E-state index contributed by atoms with van der Waals surface area (Å²) < 4.78 is 33.2. The lowest BCUT2D eigenvalue weighted by Crippen LogP contribution is -2.53. The Hall–Kier alpha value is -1.64. The average molecular weight is 410 g/mol. The van der Waals surface area contributed by atoms with E-state index in [1.54, 1.807) is 12.1 Å². The molecule has 156 valence electrons. The zero-order valence-electron chi connectivity index (χ0n) is 17.0. The molecule has 0 bridgehead atoms. The van der Waals surface area contributed by atoms with E-state index in [2.05, 4.69) is 29.0 Å². The highest BCUT2D eigenvalue weighted by atomic mass is 32.2. The van der Waals surface area contributed by atoms with Gasteiger partial charge in [-0.1, -0.05) is 19.3 Å². The fourth-order valence-electron chi connectivity index (χ4n) is 3.85. The Kier molecular flexibility index (Phi) is 6.31. The first-order valence-electron chi connectivity index (χ1n) is 9.93. The summed E-state index contributed by atoms with van der Waals surface area (Å²) in [5.41, 5.74) is 0.282. The Morgan fingerprint density at radius 3 is 2.46 bits per heavy atom. The molecule has 0 aliphatic heterocycles. The van der Waals surface area contributed by atoms with Crippen molar-refractivity contribution < 1.29 is 17.9 Å². The summed E-state index contributed by atoms with van der Waals surface area (Å²) in [5, 5.41) is 3.02. The summed E-state index contributed by atoms with van der Waals surface area (Å²) in [7, 11) is 1.82. The van der Waals surface area contributed by atoms with E-state index < -0.39 is 10.0 Å². The zero-order valence-corrected chi connectivity index (χ0v) is 17.8. The van der Waals surface area contributed by atoms with Crippen molar-refractivity contribution in [2.45, 2.75) is 61.4 Å². The number of nitrogens with zero attached hydrogens (tertiary/aromatic N) is 1. The van der Waals surface area contributed by atoms with Gasteiger partial charge in [-0.05, 0) is 58.0 Å². The van der Waals surface area contributed by atoms with Crippen LogP contribution >= 0.6 is 0 Å². The second-order valence-corrected chi connectivity index (χ2v) is 9.81. The van der Waals surface area contributed by atoms with Crippen molar-refractivity contribution >= 4 is 15.9 Å². The van der Waals surface area contributed by atoms with Crippen molar-refractivity contribution in [2.24, 2.45) is 0 Å². The number of ether oxygens (including phenoxy) is 1. The Morgan fingerprint density at radius 1 is 1.21 bits per heavy atom. The first kappa shape index (κ1) is 21.1. The second-order valence-electron chi connectivity index (χ2n) is 8.12. The number of sulfonamides is 1. The minimum absolute atomic E-state index is 0.00883. The molecule has 0 heterocycles. The van der Waals surface area contributed by atoms with Crippen LogP contribution in [0.5, 0.6) is 5.75 Å². The standard InChI is InChI=1S/C20H31N3O4S/c1-23(2)20(11-5-4-6-12-20)14-21-19(24)15-7-10-17(27-3)18(13-15)28(25,26)22-16-8-9-16/h7,10,13,16,22H,4-6,8-9,11-12,14H2,1-3H3,(H,21,24). The lowest BCUT2D eigenvalue weighted by atomic mass is 9.80. The Morgan fingerprint density at radius 2 is 1.89 bits per heavy atom. The van der Waals surface area contributed by atoms with E-state index in [0.717, 1.165) is 38.5 Å². The summed E-state index contributed by atoms with van der Waals surface area (Å²) in [6.45, 7) is 0.549. The fraction of sp³-hybridized carbons (Fsp3) is 0.650. The van der Waals surface area contributed by atoms with Gasteiger partial charge in [0.25, 0.3) is 5.91 Å². The third-order valence-corrected chi connectivity index (χ3v) is 7.47. The molecule has 2 aliphatic carbocycles. The van der Waals surface area contributed by atoms with Crippen LogP contribution in [0.3, 0.4) is 0 Å². The van der Waals surface area contributed by atoms with E-state index in [0.29, 0.717) is 12.1 Å². The summed E-state index contributed by atoms with van der Waals surface area (Å²) >= 11 is 0. The molecule has 7 nitrogen and oxygen atoms in total. The molecule has 8 heteroatoms. The van der Waals surface area contributed by atoms with Crippen molar-refractivity contribution in [2.75, 3.05) is 27.7 Å². The van der Waals surface area contributed by atoms with Crippen molar-refractivity contribution in [1.82, 2.24) is 14.9 Å². The number of methoxy groups -OCH3 is 1. The molecule has 2 aliphatic rings. The number of hydrogen-bond donors (Lipinski definition) is 2. The van der Waals surface area contributed by atoms with E-state index in [9.17, 15) is 13.2 Å². The predicted octanol–water partition coefficient (Wildman–Crippen LogP) is 2.13. The largest absolute Gasteiger partial charge is 0.495 e. The van der Waals surface area contributed by atoms with Gasteiger partial charge in [0.1, 0.15) is 10.6 Å². The third kappa shape index (κ3) is 4.67. The van der Waals surface area contributed by atoms with Gasteiger partial charge in [0.15, 0.2) is 0 Å². The van der Waals surface area contributed by atoms with E-state index in [-0.39, 0.29) is 28.1 Å². The van der Waals surface area contributed by atoms with Crippen LogP contribution in [0.15, 0.2) is 23.1 Å². The lowest BCUT2D eigenvalue weighted by molar-refractivity contribution is 0.0799. The maximum absolute atomic E-state index is 12.8. The van der Waals surface area contributed by atoms with Crippen LogP contribution in [0.1, 0.15) is 55.3 Å². The van der Waals surface area contributed by atoms with Crippen LogP contribution in [0.4, 0.5) is 0 Å². The molecule has 0 radical (unpaired) electrons. The highest BCUT2D eigenvalue weighted by molar-refractivity contribution is 7.89. The van der Waals surface area contributed by atoms with Crippen molar-refractivity contribution in [3.63, 3.8) is 0 Å². The first-order chi connectivity index (χ1) is 13.3. The molecular formula is C20H31N3O4S. The number of carbonyl (C=O) groups is 1. The number of rotatable bonds is 8. The van der Waals surface area contributed by atoms with Gasteiger partial charge in [0.05, 0.1) is 7.11 Å². The third-order valence-electron chi connectivity index (χ3n) is 5.93. The van der Waals surface area contributed by atoms with Gasteiger partial charge >= 0.3 is 0 Å². The summed E-state index contributed by atoms with van der Waals surface area (Å²) in [6.07, 6.45) is 7.33. The number of carbonyl (C=O) groups excluding carboxylic acids is 1. The molecule has 1 aromatic rings. The van der Waals surface area contributed by atoms with Gasteiger partial charge in [-0.15, -0.1) is 0 Å². The summed E-state index contributed by atoms with van der Waals surface area (Å²) in [4.78, 5) is 15.0. The van der Waals surface area contributed by atoms with E-state index >= 15 is 0 Å². The topological polar surface area (TPSA) is 87.7 Å². The molecule has 0 spiro atoms. The molecule has 2 saturated carbocycles. The maximum Gasteiger partial charge on any atom is 0.251 e. The van der Waals surface area contributed by atoms with E-state index in [1.165, 1.54) is 19.6 Å². The Labute approximate surface area is 167 Å². The molecule has 28 heavy (non-hydrogen) atoms. The van der Waals surface area contributed by atoms with Gasteiger partial charge in [-0.25, -0.2) is 13.1 Å². The number of likely N-dealkylation sites (N-methyl/N-ethyl adjacent to an activating group) is 1.